The average Bonchev–Trinajstić information content (AvgIpc) is 2.94. The number of likely N-dealkylation sites (tertiary alicyclic amines) is 1. The number of hydrogen-bond acceptors (Lipinski definition) is 5. The first-order chi connectivity index (χ1) is 11.3. The van der Waals surface area contributed by atoms with Gasteiger partial charge >= 0.3 is 5.97 Å². The van der Waals surface area contributed by atoms with E-state index in [1.807, 2.05) is 27.1 Å². The summed E-state index contributed by atoms with van der Waals surface area (Å²) in [5.41, 5.74) is 1.72. The van der Waals surface area contributed by atoms with Gasteiger partial charge in [-0.15, -0.1) is 0 Å². The van der Waals surface area contributed by atoms with E-state index in [1.54, 1.807) is 18.2 Å². The van der Waals surface area contributed by atoms with E-state index in [4.69, 9.17) is 16.3 Å². The number of aromatic hydroxyl groups is 1. The summed E-state index contributed by atoms with van der Waals surface area (Å²) in [5, 5.41) is 10.5. The molecule has 2 atom stereocenters. The number of phenolic OH excluding ortho intramolecular Hbond substituents is 1. The molecule has 1 saturated heterocycles. The van der Waals surface area contributed by atoms with Gasteiger partial charge in [0.15, 0.2) is 0 Å². The van der Waals surface area contributed by atoms with Gasteiger partial charge in [0.05, 0.1) is 7.11 Å². The van der Waals surface area contributed by atoms with Gasteiger partial charge in [-0.05, 0) is 45.6 Å². The van der Waals surface area contributed by atoms with Crippen molar-refractivity contribution >= 4 is 23.6 Å². The molecule has 0 spiro atoms. The van der Waals surface area contributed by atoms with Crippen LogP contribution in [-0.2, 0) is 9.53 Å². The molecule has 5 nitrogen and oxygen atoms in total. The third-order valence-electron chi connectivity index (χ3n) is 4.43. The summed E-state index contributed by atoms with van der Waals surface area (Å²) < 4.78 is 4.95. The monoisotopic (exact) mass is 352 g/mol. The number of hydrogen-bond donors (Lipinski definition) is 1. The van der Waals surface area contributed by atoms with E-state index in [1.165, 1.54) is 7.11 Å². The minimum atomic E-state index is -0.237. The zero-order valence-electron chi connectivity index (χ0n) is 14.6. The summed E-state index contributed by atoms with van der Waals surface area (Å²) in [6.07, 6.45) is 2.66. The van der Waals surface area contributed by atoms with Gasteiger partial charge in [0.2, 0.25) is 0 Å². The van der Waals surface area contributed by atoms with Crippen LogP contribution in [0.2, 0.25) is 5.02 Å². The first-order valence-electron chi connectivity index (χ1n) is 7.95. The highest BCUT2D eigenvalue weighted by Crippen LogP contribution is 2.26. The number of rotatable bonds is 5. The van der Waals surface area contributed by atoms with Crippen LogP contribution in [-0.4, -0.2) is 67.3 Å². The fourth-order valence-electron chi connectivity index (χ4n) is 3.08. The minimum absolute atomic E-state index is 0.191. The molecule has 1 N–H and O–H groups in total. The van der Waals surface area contributed by atoms with Crippen molar-refractivity contribution in [3.05, 3.63) is 34.4 Å². The molecular weight excluding hydrogens is 328 g/mol. The number of phenols is 1. The van der Waals surface area contributed by atoms with Crippen molar-refractivity contribution < 1.29 is 14.6 Å². The van der Waals surface area contributed by atoms with Gasteiger partial charge in [-0.25, -0.2) is 0 Å². The maximum absolute atomic E-state index is 12.1. The van der Waals surface area contributed by atoms with Crippen LogP contribution in [0, 0.1) is 0 Å². The second-order valence-corrected chi connectivity index (χ2v) is 6.95. The highest BCUT2D eigenvalue weighted by Gasteiger charge is 2.38. The quantitative estimate of drug-likeness (QED) is 0.826. The maximum atomic E-state index is 12.1. The van der Waals surface area contributed by atoms with Crippen LogP contribution in [0.5, 0.6) is 5.75 Å². The predicted molar refractivity (Wildman–Crippen MR) is 96.2 cm³/mol. The van der Waals surface area contributed by atoms with Crippen LogP contribution in [0.4, 0.5) is 0 Å². The summed E-state index contributed by atoms with van der Waals surface area (Å²) in [6, 6.07) is 5.04. The molecule has 1 aliphatic heterocycles. The molecule has 132 valence electrons. The molecule has 0 saturated carbocycles. The first-order valence-corrected chi connectivity index (χ1v) is 8.33. The number of halogens is 1. The number of methoxy groups -OCH3 is 1. The second kappa shape index (κ2) is 8.01. The molecule has 1 heterocycles. The average molecular weight is 353 g/mol. The van der Waals surface area contributed by atoms with Gasteiger partial charge in [0.1, 0.15) is 11.8 Å². The van der Waals surface area contributed by atoms with E-state index < -0.39 is 0 Å². The van der Waals surface area contributed by atoms with E-state index in [0.29, 0.717) is 23.2 Å². The molecule has 0 unspecified atom stereocenters. The van der Waals surface area contributed by atoms with Gasteiger partial charge in [-0.1, -0.05) is 23.3 Å². The Morgan fingerprint density at radius 2 is 2.21 bits per heavy atom. The van der Waals surface area contributed by atoms with Crippen molar-refractivity contribution in [2.24, 2.45) is 0 Å². The fraction of sp³-hybridized carbons (Fsp3) is 0.500. The Morgan fingerprint density at radius 1 is 1.50 bits per heavy atom. The van der Waals surface area contributed by atoms with Crippen LogP contribution in [0.25, 0.3) is 6.08 Å². The largest absolute Gasteiger partial charge is 0.507 e. The van der Waals surface area contributed by atoms with Gasteiger partial charge in [0.25, 0.3) is 0 Å². The summed E-state index contributed by atoms with van der Waals surface area (Å²) in [4.78, 5) is 16.3. The van der Waals surface area contributed by atoms with Crippen LogP contribution in [0.15, 0.2) is 23.8 Å². The third-order valence-corrected chi connectivity index (χ3v) is 4.66. The lowest BCUT2D eigenvalue weighted by Crippen LogP contribution is -2.38. The Kier molecular flexibility index (Phi) is 6.27. The molecule has 0 bridgehead atoms. The molecule has 1 aliphatic rings. The smallest absolute Gasteiger partial charge is 0.323 e. The minimum Gasteiger partial charge on any atom is -0.507 e. The molecular formula is C18H25ClN2O3. The summed E-state index contributed by atoms with van der Waals surface area (Å²) >= 11 is 5.99. The van der Waals surface area contributed by atoms with Crippen molar-refractivity contribution in [1.29, 1.82) is 0 Å². The summed E-state index contributed by atoms with van der Waals surface area (Å²) in [6.45, 7) is 3.42. The molecule has 24 heavy (non-hydrogen) atoms. The Balaban J connectivity index is 2.16. The molecule has 1 fully saturated rings. The molecule has 1 aromatic rings. The zero-order chi connectivity index (χ0) is 17.9. The van der Waals surface area contributed by atoms with Gasteiger partial charge < -0.3 is 14.7 Å². The normalized spacial score (nSPS) is 22.2. The Hall–Kier alpha value is -1.56. The molecule has 2 rings (SSSR count). The van der Waals surface area contributed by atoms with Crippen molar-refractivity contribution in [2.75, 3.05) is 34.3 Å². The third kappa shape index (κ3) is 4.50. The van der Waals surface area contributed by atoms with Crippen LogP contribution >= 0.6 is 11.6 Å². The van der Waals surface area contributed by atoms with Crippen molar-refractivity contribution in [3.8, 4) is 5.75 Å². The van der Waals surface area contributed by atoms with E-state index in [-0.39, 0.29) is 17.8 Å². The number of nitrogens with zero attached hydrogens (tertiary/aromatic N) is 2. The number of esters is 1. The van der Waals surface area contributed by atoms with Crippen LogP contribution < -0.4 is 0 Å². The lowest BCUT2D eigenvalue weighted by atomic mass is 10.1. The van der Waals surface area contributed by atoms with Gasteiger partial charge in [-0.2, -0.15) is 0 Å². The highest BCUT2D eigenvalue weighted by atomic mass is 35.5. The van der Waals surface area contributed by atoms with Gasteiger partial charge in [0, 0.05) is 29.7 Å². The molecule has 1 aromatic carbocycles. The van der Waals surface area contributed by atoms with E-state index >= 15 is 0 Å². The topological polar surface area (TPSA) is 53.0 Å². The number of benzene rings is 1. The number of ether oxygens (including phenoxy) is 1. The number of carbonyl (C=O) groups excluding carboxylic acids is 1. The number of carbonyl (C=O) groups is 1. The second-order valence-electron chi connectivity index (χ2n) is 6.52. The number of likely N-dealkylation sites (N-methyl/N-ethyl adjacent to an activating group) is 1. The first kappa shape index (κ1) is 18.8. The lowest BCUT2D eigenvalue weighted by Gasteiger charge is -2.23. The summed E-state index contributed by atoms with van der Waals surface area (Å²) in [7, 11) is 5.47. The van der Waals surface area contributed by atoms with Gasteiger partial charge in [-0.3, -0.25) is 9.69 Å². The Morgan fingerprint density at radius 3 is 2.83 bits per heavy atom. The van der Waals surface area contributed by atoms with Crippen LogP contribution in [0.3, 0.4) is 0 Å². The molecule has 0 amide bonds. The van der Waals surface area contributed by atoms with E-state index in [2.05, 4.69) is 9.80 Å². The Labute approximate surface area is 148 Å². The molecule has 0 aromatic heterocycles. The van der Waals surface area contributed by atoms with Crippen molar-refractivity contribution in [3.63, 3.8) is 0 Å². The van der Waals surface area contributed by atoms with Crippen LogP contribution in [0.1, 0.15) is 18.9 Å². The van der Waals surface area contributed by atoms with Crippen molar-refractivity contribution in [2.45, 2.75) is 25.4 Å². The fourth-order valence-corrected chi connectivity index (χ4v) is 3.26. The highest BCUT2D eigenvalue weighted by molar-refractivity contribution is 6.30. The SMILES string of the molecule is COC(=O)[C@@H]1C[C@@H](N(C)C)CN1C/C(C)=C/c1cc(Cl)ccc1O. The van der Waals surface area contributed by atoms with E-state index in [0.717, 1.165) is 18.5 Å². The van der Waals surface area contributed by atoms with Crippen molar-refractivity contribution in [1.82, 2.24) is 9.80 Å². The Bertz CT molecular complexity index is 631. The maximum Gasteiger partial charge on any atom is 0.323 e. The standard InChI is InChI=1S/C18H25ClN2O3/c1-12(7-13-8-14(19)5-6-17(13)22)10-21-11-15(20(2)3)9-16(21)18(23)24-4/h5-8,15-16,22H,9-11H2,1-4H3/b12-7+/t15-,16+/m1/s1. The van der Waals surface area contributed by atoms with E-state index in [9.17, 15) is 9.90 Å². The molecule has 6 heteroatoms. The summed E-state index contributed by atoms with van der Waals surface area (Å²) in [5.74, 6) is -0.00592. The lowest BCUT2D eigenvalue weighted by molar-refractivity contribution is -0.145. The zero-order valence-corrected chi connectivity index (χ0v) is 15.4. The molecule has 0 aliphatic carbocycles. The molecule has 0 radical (unpaired) electrons. The predicted octanol–water partition coefficient (Wildman–Crippen LogP) is 2.63.